The van der Waals surface area contributed by atoms with Gasteiger partial charge in [0.25, 0.3) is 5.91 Å². The number of ether oxygens (including phenoxy) is 1. The van der Waals surface area contributed by atoms with Crippen LogP contribution in [0.15, 0.2) is 67.3 Å². The van der Waals surface area contributed by atoms with Gasteiger partial charge < -0.3 is 9.64 Å². The predicted octanol–water partition coefficient (Wildman–Crippen LogP) is 4.35. The third kappa shape index (κ3) is 4.72. The minimum Gasteiger partial charge on any atom is -0.490 e. The molecular formula is C22H25NO2. The molecule has 0 aromatic heterocycles. The summed E-state index contributed by atoms with van der Waals surface area (Å²) in [5.74, 6) is 1.55. The molecule has 3 heteroatoms. The van der Waals surface area contributed by atoms with Crippen LogP contribution in [-0.2, 0) is 6.42 Å². The van der Waals surface area contributed by atoms with Gasteiger partial charge in [-0.3, -0.25) is 4.79 Å². The first kappa shape index (κ1) is 17.3. The normalized spacial score (nSPS) is 15.0. The molecule has 1 heterocycles. The number of hydrogen-bond acceptors (Lipinski definition) is 2. The van der Waals surface area contributed by atoms with Crippen molar-refractivity contribution in [3.05, 3.63) is 78.4 Å². The second-order valence-electron chi connectivity index (χ2n) is 6.55. The van der Waals surface area contributed by atoms with Crippen LogP contribution in [0.4, 0.5) is 0 Å². The molecule has 1 saturated heterocycles. The van der Waals surface area contributed by atoms with E-state index >= 15 is 0 Å². The monoisotopic (exact) mass is 335 g/mol. The van der Waals surface area contributed by atoms with E-state index in [0.717, 1.165) is 43.7 Å². The summed E-state index contributed by atoms with van der Waals surface area (Å²) in [6.07, 6.45) is 4.96. The van der Waals surface area contributed by atoms with Crippen LogP contribution in [0.3, 0.4) is 0 Å². The van der Waals surface area contributed by atoms with Crippen molar-refractivity contribution in [2.24, 2.45) is 5.92 Å². The number of carbonyl (C=O) groups is 1. The quantitative estimate of drug-likeness (QED) is 0.735. The van der Waals surface area contributed by atoms with E-state index in [4.69, 9.17) is 4.74 Å². The molecule has 1 fully saturated rings. The van der Waals surface area contributed by atoms with Crippen LogP contribution in [0.5, 0.6) is 5.75 Å². The van der Waals surface area contributed by atoms with E-state index in [1.165, 1.54) is 5.56 Å². The molecule has 130 valence electrons. The van der Waals surface area contributed by atoms with Gasteiger partial charge in [0.2, 0.25) is 0 Å². The summed E-state index contributed by atoms with van der Waals surface area (Å²) < 4.78 is 5.46. The van der Waals surface area contributed by atoms with Gasteiger partial charge in [-0.05, 0) is 55.0 Å². The van der Waals surface area contributed by atoms with Crippen LogP contribution in [0.25, 0.3) is 0 Å². The van der Waals surface area contributed by atoms with Gasteiger partial charge >= 0.3 is 0 Å². The maximum absolute atomic E-state index is 12.7. The minimum absolute atomic E-state index is 0.119. The van der Waals surface area contributed by atoms with Crippen molar-refractivity contribution >= 4 is 5.91 Å². The smallest absolute Gasteiger partial charge is 0.253 e. The van der Waals surface area contributed by atoms with Gasteiger partial charge in [-0.15, -0.1) is 0 Å². The molecule has 0 unspecified atom stereocenters. The highest BCUT2D eigenvalue weighted by molar-refractivity contribution is 5.94. The minimum atomic E-state index is 0.119. The molecule has 0 aliphatic carbocycles. The molecule has 3 nitrogen and oxygen atoms in total. The topological polar surface area (TPSA) is 29.5 Å². The van der Waals surface area contributed by atoms with Gasteiger partial charge in [0.15, 0.2) is 0 Å². The first-order valence-electron chi connectivity index (χ1n) is 8.93. The largest absolute Gasteiger partial charge is 0.490 e. The van der Waals surface area contributed by atoms with Gasteiger partial charge in [-0.25, -0.2) is 0 Å². The predicted molar refractivity (Wildman–Crippen MR) is 101 cm³/mol. The van der Waals surface area contributed by atoms with Crippen molar-refractivity contribution < 1.29 is 9.53 Å². The Labute approximate surface area is 149 Å². The zero-order chi connectivity index (χ0) is 17.5. The van der Waals surface area contributed by atoms with E-state index in [1.807, 2.05) is 29.2 Å². The molecule has 0 saturated carbocycles. The lowest BCUT2D eigenvalue weighted by Gasteiger charge is -2.32. The number of benzene rings is 2. The summed E-state index contributed by atoms with van der Waals surface area (Å²) in [7, 11) is 0. The van der Waals surface area contributed by atoms with Crippen molar-refractivity contribution in [3.8, 4) is 5.75 Å². The van der Waals surface area contributed by atoms with Crippen LogP contribution in [0, 0.1) is 5.92 Å². The molecule has 25 heavy (non-hydrogen) atoms. The van der Waals surface area contributed by atoms with Crippen molar-refractivity contribution in [1.82, 2.24) is 4.90 Å². The molecular weight excluding hydrogens is 310 g/mol. The highest BCUT2D eigenvalue weighted by Gasteiger charge is 2.23. The number of likely N-dealkylation sites (tertiary alicyclic amines) is 1. The van der Waals surface area contributed by atoms with Gasteiger partial charge in [-0.1, -0.05) is 43.0 Å². The Balaban J connectivity index is 1.51. The van der Waals surface area contributed by atoms with E-state index < -0.39 is 0 Å². The van der Waals surface area contributed by atoms with Gasteiger partial charge in [0.1, 0.15) is 12.4 Å². The molecule has 1 aliphatic heterocycles. The fourth-order valence-corrected chi connectivity index (χ4v) is 3.32. The molecule has 2 aromatic carbocycles. The molecule has 0 N–H and O–H groups in total. The average molecular weight is 335 g/mol. The highest BCUT2D eigenvalue weighted by atomic mass is 16.5. The summed E-state index contributed by atoms with van der Waals surface area (Å²) in [5.41, 5.74) is 2.12. The first-order valence-corrected chi connectivity index (χ1v) is 8.93. The van der Waals surface area contributed by atoms with E-state index in [0.29, 0.717) is 12.5 Å². The zero-order valence-electron chi connectivity index (χ0n) is 14.6. The Morgan fingerprint density at radius 3 is 2.40 bits per heavy atom. The van der Waals surface area contributed by atoms with Gasteiger partial charge in [0, 0.05) is 18.7 Å². The molecule has 0 bridgehead atoms. The second kappa shape index (κ2) is 8.52. The van der Waals surface area contributed by atoms with Crippen molar-refractivity contribution in [1.29, 1.82) is 0 Å². The summed E-state index contributed by atoms with van der Waals surface area (Å²) in [5, 5.41) is 0. The maximum Gasteiger partial charge on any atom is 0.253 e. The van der Waals surface area contributed by atoms with E-state index in [-0.39, 0.29) is 5.91 Å². The molecule has 0 radical (unpaired) electrons. The standard InChI is InChI=1S/C22H25NO2/c1-2-16-25-21-10-8-20(9-11-21)22(24)23-14-12-19(13-15-23)17-18-6-4-3-5-7-18/h2-11,19H,1,12-17H2. The third-order valence-corrected chi connectivity index (χ3v) is 4.74. The summed E-state index contributed by atoms with van der Waals surface area (Å²) >= 11 is 0. The number of hydrogen-bond donors (Lipinski definition) is 0. The molecule has 0 atom stereocenters. The molecule has 2 aromatic rings. The third-order valence-electron chi connectivity index (χ3n) is 4.74. The van der Waals surface area contributed by atoms with Crippen molar-refractivity contribution in [3.63, 3.8) is 0 Å². The van der Waals surface area contributed by atoms with Crippen LogP contribution < -0.4 is 4.74 Å². The van der Waals surface area contributed by atoms with Crippen molar-refractivity contribution in [2.75, 3.05) is 19.7 Å². The maximum atomic E-state index is 12.7. The fraction of sp³-hybridized carbons (Fsp3) is 0.318. The Hall–Kier alpha value is -2.55. The van der Waals surface area contributed by atoms with E-state index in [1.54, 1.807) is 6.08 Å². The summed E-state index contributed by atoms with van der Waals surface area (Å²) in [4.78, 5) is 14.6. The number of carbonyl (C=O) groups excluding carboxylic acids is 1. The fourth-order valence-electron chi connectivity index (χ4n) is 3.32. The Morgan fingerprint density at radius 1 is 1.08 bits per heavy atom. The lowest BCUT2D eigenvalue weighted by Crippen LogP contribution is -2.38. The van der Waals surface area contributed by atoms with Crippen LogP contribution in [-0.4, -0.2) is 30.5 Å². The molecule has 1 amide bonds. The van der Waals surface area contributed by atoms with Crippen LogP contribution >= 0.6 is 0 Å². The first-order chi connectivity index (χ1) is 12.3. The van der Waals surface area contributed by atoms with Crippen LogP contribution in [0.1, 0.15) is 28.8 Å². The Morgan fingerprint density at radius 2 is 1.76 bits per heavy atom. The number of nitrogens with zero attached hydrogens (tertiary/aromatic N) is 1. The van der Waals surface area contributed by atoms with Crippen LogP contribution in [0.2, 0.25) is 0 Å². The lowest BCUT2D eigenvalue weighted by atomic mass is 9.90. The highest BCUT2D eigenvalue weighted by Crippen LogP contribution is 2.23. The van der Waals surface area contributed by atoms with Gasteiger partial charge in [0.05, 0.1) is 0 Å². The van der Waals surface area contributed by atoms with E-state index in [9.17, 15) is 4.79 Å². The SMILES string of the molecule is C=CCOc1ccc(C(=O)N2CCC(Cc3ccccc3)CC2)cc1. The Kier molecular flexibility index (Phi) is 5.89. The average Bonchev–Trinajstić information content (AvgIpc) is 2.68. The molecule has 1 aliphatic rings. The Bertz CT molecular complexity index is 686. The summed E-state index contributed by atoms with van der Waals surface area (Å²) in [6.45, 7) is 5.78. The number of amides is 1. The zero-order valence-corrected chi connectivity index (χ0v) is 14.6. The summed E-state index contributed by atoms with van der Waals surface area (Å²) in [6, 6.07) is 18.0. The van der Waals surface area contributed by atoms with Gasteiger partial charge in [-0.2, -0.15) is 0 Å². The van der Waals surface area contributed by atoms with Crippen molar-refractivity contribution in [2.45, 2.75) is 19.3 Å². The number of piperidine rings is 1. The second-order valence-corrected chi connectivity index (χ2v) is 6.55. The van der Waals surface area contributed by atoms with E-state index in [2.05, 4.69) is 36.9 Å². The molecule has 3 rings (SSSR count). The lowest BCUT2D eigenvalue weighted by molar-refractivity contribution is 0.0690. The molecule has 0 spiro atoms. The number of rotatable bonds is 6.